The van der Waals surface area contributed by atoms with Gasteiger partial charge in [0.25, 0.3) is 5.56 Å². The number of nitrogens with zero attached hydrogens (tertiary/aromatic N) is 3. The number of hydrogen-bond donors (Lipinski definition) is 0. The molecule has 22 heavy (non-hydrogen) atoms. The number of thiophene rings is 1. The highest BCUT2D eigenvalue weighted by atomic mass is 32.1. The fourth-order valence-corrected chi connectivity index (χ4v) is 4.35. The van der Waals surface area contributed by atoms with Gasteiger partial charge in [0.1, 0.15) is 17.2 Å². The fourth-order valence-electron chi connectivity index (χ4n) is 3.10. The standard InChI is InChI=1S/C17H13N3OS/c18-9-10-20-15(11-5-2-1-3-6-11)19-16-14(17(20)21)12-7-4-8-13(12)22-16/h1-3,5-6H,4,7-8,10H2. The Morgan fingerprint density at radius 2 is 2.09 bits per heavy atom. The van der Waals surface area contributed by atoms with Gasteiger partial charge in [-0.1, -0.05) is 30.3 Å². The summed E-state index contributed by atoms with van der Waals surface area (Å²) in [6.45, 7) is 0.0244. The van der Waals surface area contributed by atoms with Crippen LogP contribution in [-0.2, 0) is 19.4 Å². The SMILES string of the molecule is N#CCn1c(-c2ccccc2)nc2sc3c(c2c1=O)CCC3. The average Bonchev–Trinajstić information content (AvgIpc) is 3.11. The minimum Gasteiger partial charge on any atom is -0.278 e. The van der Waals surface area contributed by atoms with Gasteiger partial charge in [0.15, 0.2) is 0 Å². The highest BCUT2D eigenvalue weighted by Gasteiger charge is 2.23. The van der Waals surface area contributed by atoms with Crippen LogP contribution in [0.15, 0.2) is 35.1 Å². The lowest BCUT2D eigenvalue weighted by atomic mass is 10.1. The van der Waals surface area contributed by atoms with Gasteiger partial charge in [-0.2, -0.15) is 5.26 Å². The number of aryl methyl sites for hydroxylation is 2. The molecule has 108 valence electrons. The molecular formula is C17H13N3OS. The van der Waals surface area contributed by atoms with Crippen LogP contribution in [0.2, 0.25) is 0 Å². The Kier molecular flexibility index (Phi) is 3.05. The van der Waals surface area contributed by atoms with Crippen LogP contribution in [0.4, 0.5) is 0 Å². The van der Waals surface area contributed by atoms with Crippen LogP contribution in [0.3, 0.4) is 0 Å². The van der Waals surface area contributed by atoms with Crippen LogP contribution in [0.25, 0.3) is 21.6 Å². The van der Waals surface area contributed by atoms with Crippen molar-refractivity contribution < 1.29 is 0 Å². The number of rotatable bonds is 2. The molecule has 1 aliphatic rings. The molecule has 3 aromatic rings. The third kappa shape index (κ3) is 1.88. The van der Waals surface area contributed by atoms with E-state index in [0.717, 1.165) is 40.6 Å². The minimum atomic E-state index is -0.0789. The molecule has 4 nitrogen and oxygen atoms in total. The minimum absolute atomic E-state index is 0.0244. The van der Waals surface area contributed by atoms with Gasteiger partial charge in [0.2, 0.25) is 0 Å². The van der Waals surface area contributed by atoms with Gasteiger partial charge in [-0.25, -0.2) is 4.98 Å². The Bertz CT molecular complexity index is 963. The number of aromatic nitrogens is 2. The molecule has 0 unspecified atom stereocenters. The van der Waals surface area contributed by atoms with Gasteiger partial charge in [-0.15, -0.1) is 11.3 Å². The maximum atomic E-state index is 12.9. The van der Waals surface area contributed by atoms with Gasteiger partial charge < -0.3 is 0 Å². The van der Waals surface area contributed by atoms with E-state index in [2.05, 4.69) is 6.07 Å². The lowest BCUT2D eigenvalue weighted by molar-refractivity contribution is 0.787. The zero-order valence-electron chi connectivity index (χ0n) is 11.9. The maximum absolute atomic E-state index is 12.9. The van der Waals surface area contributed by atoms with E-state index in [1.54, 1.807) is 11.3 Å². The third-order valence-electron chi connectivity index (χ3n) is 4.09. The molecule has 0 bridgehead atoms. The van der Waals surface area contributed by atoms with Crippen molar-refractivity contribution in [2.45, 2.75) is 25.8 Å². The van der Waals surface area contributed by atoms with Gasteiger partial charge in [0.05, 0.1) is 11.5 Å². The summed E-state index contributed by atoms with van der Waals surface area (Å²) >= 11 is 1.63. The van der Waals surface area contributed by atoms with Crippen molar-refractivity contribution in [3.63, 3.8) is 0 Å². The van der Waals surface area contributed by atoms with Crippen LogP contribution in [0, 0.1) is 11.3 Å². The second-order valence-electron chi connectivity index (χ2n) is 5.39. The molecule has 0 atom stereocenters. The van der Waals surface area contributed by atoms with Crippen molar-refractivity contribution in [3.05, 3.63) is 51.1 Å². The summed E-state index contributed by atoms with van der Waals surface area (Å²) in [6.07, 6.45) is 3.09. The molecule has 0 spiro atoms. The molecule has 0 N–H and O–H groups in total. The largest absolute Gasteiger partial charge is 0.278 e. The van der Waals surface area contributed by atoms with E-state index >= 15 is 0 Å². The summed E-state index contributed by atoms with van der Waals surface area (Å²) in [4.78, 5) is 19.7. The molecule has 0 saturated heterocycles. The van der Waals surface area contributed by atoms with E-state index in [0.29, 0.717) is 5.82 Å². The highest BCUT2D eigenvalue weighted by Crippen LogP contribution is 2.35. The Morgan fingerprint density at radius 1 is 1.27 bits per heavy atom. The van der Waals surface area contributed by atoms with Crippen LogP contribution in [-0.4, -0.2) is 9.55 Å². The molecule has 0 amide bonds. The van der Waals surface area contributed by atoms with Gasteiger partial charge in [0, 0.05) is 10.4 Å². The second kappa shape index (κ2) is 5.08. The fraction of sp³-hybridized carbons (Fsp3) is 0.235. The maximum Gasteiger partial charge on any atom is 0.263 e. The molecule has 2 aromatic heterocycles. The normalized spacial score (nSPS) is 13.2. The zero-order chi connectivity index (χ0) is 15.1. The van der Waals surface area contributed by atoms with Crippen molar-refractivity contribution >= 4 is 21.6 Å². The topological polar surface area (TPSA) is 58.7 Å². The summed E-state index contributed by atoms with van der Waals surface area (Å²) in [6, 6.07) is 11.7. The molecule has 0 radical (unpaired) electrons. The first-order valence-corrected chi connectivity index (χ1v) is 8.08. The van der Waals surface area contributed by atoms with Crippen LogP contribution in [0.5, 0.6) is 0 Å². The predicted octanol–water partition coefficient (Wildman–Crippen LogP) is 3.14. The van der Waals surface area contributed by atoms with E-state index in [9.17, 15) is 4.79 Å². The first kappa shape index (κ1) is 13.2. The van der Waals surface area contributed by atoms with Crippen LogP contribution < -0.4 is 5.56 Å². The number of nitriles is 1. The molecule has 1 aromatic carbocycles. The molecule has 1 aliphatic carbocycles. The van der Waals surface area contributed by atoms with E-state index in [4.69, 9.17) is 10.2 Å². The van der Waals surface area contributed by atoms with Crippen LogP contribution in [0.1, 0.15) is 16.9 Å². The van der Waals surface area contributed by atoms with Gasteiger partial charge in [-0.05, 0) is 24.8 Å². The third-order valence-corrected chi connectivity index (χ3v) is 5.27. The van der Waals surface area contributed by atoms with E-state index < -0.39 is 0 Å². The zero-order valence-corrected chi connectivity index (χ0v) is 12.7. The average molecular weight is 307 g/mol. The lowest BCUT2D eigenvalue weighted by Crippen LogP contribution is -2.23. The summed E-state index contributed by atoms with van der Waals surface area (Å²) in [7, 11) is 0. The number of benzene rings is 1. The number of fused-ring (bicyclic) bond motifs is 3. The highest BCUT2D eigenvalue weighted by molar-refractivity contribution is 7.18. The van der Waals surface area contributed by atoms with Crippen molar-refractivity contribution in [1.29, 1.82) is 5.26 Å². The molecule has 5 heteroatoms. The predicted molar refractivity (Wildman–Crippen MR) is 87.0 cm³/mol. The molecule has 0 fully saturated rings. The Morgan fingerprint density at radius 3 is 2.86 bits per heavy atom. The molecule has 0 saturated carbocycles. The van der Waals surface area contributed by atoms with Gasteiger partial charge >= 0.3 is 0 Å². The van der Waals surface area contributed by atoms with Crippen molar-refractivity contribution in [2.24, 2.45) is 0 Å². The summed E-state index contributed by atoms with van der Waals surface area (Å²) in [5.74, 6) is 0.583. The van der Waals surface area contributed by atoms with E-state index in [1.807, 2.05) is 30.3 Å². The summed E-state index contributed by atoms with van der Waals surface area (Å²) < 4.78 is 1.50. The molecule has 0 aliphatic heterocycles. The van der Waals surface area contributed by atoms with Gasteiger partial charge in [-0.3, -0.25) is 9.36 Å². The molecular weight excluding hydrogens is 294 g/mol. The quantitative estimate of drug-likeness (QED) is 0.731. The summed E-state index contributed by atoms with van der Waals surface area (Å²) in [5, 5.41) is 9.83. The lowest BCUT2D eigenvalue weighted by Gasteiger charge is -2.09. The first-order valence-electron chi connectivity index (χ1n) is 7.27. The van der Waals surface area contributed by atoms with Crippen molar-refractivity contribution in [2.75, 3.05) is 0 Å². The van der Waals surface area contributed by atoms with E-state index in [1.165, 1.54) is 9.44 Å². The number of hydrogen-bond acceptors (Lipinski definition) is 4. The molecule has 4 rings (SSSR count). The second-order valence-corrected chi connectivity index (χ2v) is 6.47. The monoisotopic (exact) mass is 307 g/mol. The smallest absolute Gasteiger partial charge is 0.263 e. The first-order chi connectivity index (χ1) is 10.8. The van der Waals surface area contributed by atoms with Crippen molar-refractivity contribution in [1.82, 2.24) is 9.55 Å². The van der Waals surface area contributed by atoms with Crippen molar-refractivity contribution in [3.8, 4) is 17.5 Å². The Balaban J connectivity index is 2.07. The molecule has 2 heterocycles. The Labute approximate surface area is 131 Å². The van der Waals surface area contributed by atoms with Crippen LogP contribution >= 0.6 is 11.3 Å². The van der Waals surface area contributed by atoms with E-state index in [-0.39, 0.29) is 12.1 Å². The Hall–Kier alpha value is -2.45. The summed E-state index contributed by atoms with van der Waals surface area (Å²) in [5.41, 5.74) is 1.94.